The molecule has 1 aromatic heterocycles. The zero-order valence-electron chi connectivity index (χ0n) is 11.3. The number of benzene rings is 1. The fourth-order valence-corrected chi connectivity index (χ4v) is 3.50. The molecule has 2 heterocycles. The van der Waals surface area contributed by atoms with Crippen molar-refractivity contribution in [3.63, 3.8) is 0 Å². The van der Waals surface area contributed by atoms with Gasteiger partial charge in [-0.25, -0.2) is 0 Å². The van der Waals surface area contributed by atoms with Crippen molar-refractivity contribution in [2.75, 3.05) is 19.6 Å². The van der Waals surface area contributed by atoms with Crippen LogP contribution in [-0.4, -0.2) is 24.5 Å². The molecule has 3 heteroatoms. The molecule has 1 fully saturated rings. The first-order valence-electron chi connectivity index (χ1n) is 6.85. The number of nitrogens with zero attached hydrogens (tertiary/aromatic N) is 1. The Bertz CT molecular complexity index is 521. The van der Waals surface area contributed by atoms with Crippen LogP contribution in [0.5, 0.6) is 0 Å². The van der Waals surface area contributed by atoms with Crippen molar-refractivity contribution in [1.82, 2.24) is 10.2 Å². The predicted octanol–water partition coefficient (Wildman–Crippen LogP) is 3.20. The van der Waals surface area contributed by atoms with Crippen LogP contribution in [0, 0.1) is 6.92 Å². The number of nitrogens with one attached hydrogen (secondary N) is 1. The van der Waals surface area contributed by atoms with E-state index in [4.69, 9.17) is 0 Å². The van der Waals surface area contributed by atoms with Gasteiger partial charge >= 0.3 is 0 Å². The van der Waals surface area contributed by atoms with Crippen LogP contribution in [0.3, 0.4) is 0 Å². The molecule has 100 valence electrons. The maximum Gasteiger partial charge on any atom is 0.0449 e. The lowest BCUT2D eigenvalue weighted by Gasteiger charge is -2.34. The van der Waals surface area contributed by atoms with E-state index in [2.05, 4.69) is 58.2 Å². The van der Waals surface area contributed by atoms with Gasteiger partial charge in [0.1, 0.15) is 0 Å². The minimum Gasteiger partial charge on any atom is -0.308 e. The monoisotopic (exact) mass is 272 g/mol. The van der Waals surface area contributed by atoms with Crippen LogP contribution in [0.1, 0.15) is 22.7 Å². The SMILES string of the molecule is Cc1cscc1CN1CCNC(c2ccccc2)C1. The summed E-state index contributed by atoms with van der Waals surface area (Å²) >= 11 is 1.81. The van der Waals surface area contributed by atoms with E-state index in [0.717, 1.165) is 26.2 Å². The van der Waals surface area contributed by atoms with Gasteiger partial charge in [0.25, 0.3) is 0 Å². The molecule has 1 aliphatic heterocycles. The highest BCUT2D eigenvalue weighted by atomic mass is 32.1. The maximum atomic E-state index is 3.62. The number of hydrogen-bond acceptors (Lipinski definition) is 3. The van der Waals surface area contributed by atoms with Gasteiger partial charge in [0.2, 0.25) is 0 Å². The third-order valence-corrected chi connectivity index (χ3v) is 4.73. The Hall–Kier alpha value is -1.16. The zero-order chi connectivity index (χ0) is 13.1. The molecule has 1 N–H and O–H groups in total. The van der Waals surface area contributed by atoms with Crippen molar-refractivity contribution >= 4 is 11.3 Å². The summed E-state index contributed by atoms with van der Waals surface area (Å²) in [6.07, 6.45) is 0. The highest BCUT2D eigenvalue weighted by Gasteiger charge is 2.20. The van der Waals surface area contributed by atoms with Gasteiger partial charge in [0.05, 0.1) is 0 Å². The quantitative estimate of drug-likeness (QED) is 0.923. The summed E-state index contributed by atoms with van der Waals surface area (Å²) in [6, 6.07) is 11.2. The van der Waals surface area contributed by atoms with Crippen LogP contribution in [0.2, 0.25) is 0 Å². The second-order valence-electron chi connectivity index (χ2n) is 5.23. The summed E-state index contributed by atoms with van der Waals surface area (Å²) in [5.41, 5.74) is 4.31. The highest BCUT2D eigenvalue weighted by molar-refractivity contribution is 7.08. The first-order chi connectivity index (χ1) is 9.33. The molecule has 1 saturated heterocycles. The summed E-state index contributed by atoms with van der Waals surface area (Å²) in [6.45, 7) is 6.60. The van der Waals surface area contributed by atoms with Crippen molar-refractivity contribution in [1.29, 1.82) is 0 Å². The number of rotatable bonds is 3. The van der Waals surface area contributed by atoms with Crippen LogP contribution in [0.4, 0.5) is 0 Å². The number of aryl methyl sites for hydroxylation is 1. The Labute approximate surface area is 119 Å². The maximum absolute atomic E-state index is 3.62. The first-order valence-corrected chi connectivity index (χ1v) is 7.79. The average molecular weight is 272 g/mol. The Morgan fingerprint density at radius 2 is 2.11 bits per heavy atom. The Morgan fingerprint density at radius 1 is 1.26 bits per heavy atom. The highest BCUT2D eigenvalue weighted by Crippen LogP contribution is 2.21. The Morgan fingerprint density at radius 3 is 2.84 bits per heavy atom. The van der Waals surface area contributed by atoms with E-state index in [9.17, 15) is 0 Å². The van der Waals surface area contributed by atoms with E-state index < -0.39 is 0 Å². The van der Waals surface area contributed by atoms with Crippen LogP contribution in [-0.2, 0) is 6.54 Å². The summed E-state index contributed by atoms with van der Waals surface area (Å²) in [4.78, 5) is 2.56. The van der Waals surface area contributed by atoms with Crippen molar-refractivity contribution in [2.45, 2.75) is 19.5 Å². The summed E-state index contributed by atoms with van der Waals surface area (Å²) in [5, 5.41) is 8.15. The Balaban J connectivity index is 1.67. The smallest absolute Gasteiger partial charge is 0.0449 e. The van der Waals surface area contributed by atoms with E-state index in [-0.39, 0.29) is 0 Å². The molecule has 1 unspecified atom stereocenters. The van der Waals surface area contributed by atoms with E-state index in [0.29, 0.717) is 6.04 Å². The minimum absolute atomic E-state index is 0.467. The minimum atomic E-state index is 0.467. The molecule has 0 amide bonds. The van der Waals surface area contributed by atoms with Gasteiger partial charge in [-0.05, 0) is 34.4 Å². The van der Waals surface area contributed by atoms with Crippen LogP contribution >= 0.6 is 11.3 Å². The Kier molecular flexibility index (Phi) is 3.97. The molecule has 1 atom stereocenters. The fourth-order valence-electron chi connectivity index (χ4n) is 2.65. The van der Waals surface area contributed by atoms with Crippen molar-refractivity contribution in [2.24, 2.45) is 0 Å². The molecule has 0 bridgehead atoms. The number of hydrogen-bond donors (Lipinski definition) is 1. The standard InChI is InChI=1S/C16H20N2S/c1-13-11-19-12-15(13)9-18-8-7-17-16(10-18)14-5-3-2-4-6-14/h2-6,11-12,16-17H,7-10H2,1H3. The van der Waals surface area contributed by atoms with E-state index >= 15 is 0 Å². The molecule has 0 spiro atoms. The third kappa shape index (κ3) is 3.06. The van der Waals surface area contributed by atoms with Crippen molar-refractivity contribution in [3.8, 4) is 0 Å². The molecule has 0 aliphatic carbocycles. The van der Waals surface area contributed by atoms with Gasteiger partial charge in [-0.2, -0.15) is 11.3 Å². The summed E-state index contributed by atoms with van der Waals surface area (Å²) in [7, 11) is 0. The zero-order valence-corrected chi connectivity index (χ0v) is 12.1. The lowest BCUT2D eigenvalue weighted by Crippen LogP contribution is -2.45. The predicted molar refractivity (Wildman–Crippen MR) is 81.5 cm³/mol. The molecule has 0 radical (unpaired) electrons. The van der Waals surface area contributed by atoms with Gasteiger partial charge in [-0.15, -0.1) is 0 Å². The molecule has 19 heavy (non-hydrogen) atoms. The van der Waals surface area contributed by atoms with Crippen molar-refractivity contribution in [3.05, 3.63) is 57.8 Å². The normalized spacial score (nSPS) is 20.6. The van der Waals surface area contributed by atoms with Gasteiger partial charge in [-0.3, -0.25) is 4.90 Å². The van der Waals surface area contributed by atoms with Gasteiger partial charge in [-0.1, -0.05) is 30.3 Å². The molecule has 1 aromatic carbocycles. The largest absolute Gasteiger partial charge is 0.308 e. The third-order valence-electron chi connectivity index (χ3n) is 3.82. The average Bonchev–Trinajstić information content (AvgIpc) is 2.86. The molecular formula is C16H20N2S. The number of piperazine rings is 1. The summed E-state index contributed by atoms with van der Waals surface area (Å²) < 4.78 is 0. The van der Waals surface area contributed by atoms with Gasteiger partial charge in [0.15, 0.2) is 0 Å². The number of thiophene rings is 1. The summed E-state index contributed by atoms with van der Waals surface area (Å²) in [5.74, 6) is 0. The van der Waals surface area contributed by atoms with Crippen LogP contribution < -0.4 is 5.32 Å². The topological polar surface area (TPSA) is 15.3 Å². The molecule has 3 rings (SSSR count). The van der Waals surface area contributed by atoms with Gasteiger partial charge < -0.3 is 5.32 Å². The van der Waals surface area contributed by atoms with E-state index in [1.165, 1.54) is 16.7 Å². The molecule has 2 nitrogen and oxygen atoms in total. The second-order valence-corrected chi connectivity index (χ2v) is 5.98. The molecule has 0 saturated carbocycles. The fraction of sp³-hybridized carbons (Fsp3) is 0.375. The second kappa shape index (κ2) is 5.87. The molecule has 1 aliphatic rings. The van der Waals surface area contributed by atoms with Crippen LogP contribution in [0.25, 0.3) is 0 Å². The van der Waals surface area contributed by atoms with Crippen molar-refractivity contribution < 1.29 is 0 Å². The van der Waals surface area contributed by atoms with E-state index in [1.54, 1.807) is 0 Å². The first kappa shape index (κ1) is 12.9. The molecular weight excluding hydrogens is 252 g/mol. The van der Waals surface area contributed by atoms with Gasteiger partial charge in [0, 0.05) is 32.2 Å². The van der Waals surface area contributed by atoms with Crippen LogP contribution in [0.15, 0.2) is 41.1 Å². The lowest BCUT2D eigenvalue weighted by atomic mass is 10.0. The lowest BCUT2D eigenvalue weighted by molar-refractivity contribution is 0.193. The molecule has 2 aromatic rings. The van der Waals surface area contributed by atoms with E-state index in [1.807, 2.05) is 11.3 Å².